The monoisotopic (exact) mass is 430 g/mol. The number of aliphatic hydroxyl groups is 1. The van der Waals surface area contributed by atoms with Crippen molar-refractivity contribution in [3.8, 4) is 11.4 Å². The van der Waals surface area contributed by atoms with Crippen molar-refractivity contribution >= 4 is 23.2 Å². The van der Waals surface area contributed by atoms with Crippen LogP contribution in [0.15, 0.2) is 24.3 Å². The first-order chi connectivity index (χ1) is 14.3. The summed E-state index contributed by atoms with van der Waals surface area (Å²) in [6.07, 6.45) is 1.73. The second-order valence-electron chi connectivity index (χ2n) is 8.20. The van der Waals surface area contributed by atoms with Gasteiger partial charge < -0.3 is 10.4 Å². The number of hydrogen-bond acceptors (Lipinski definition) is 6. The molecule has 8 heteroatoms. The van der Waals surface area contributed by atoms with Gasteiger partial charge in [-0.05, 0) is 36.5 Å². The molecule has 7 nitrogen and oxygen atoms in total. The molecule has 0 radical (unpaired) electrons. The number of nitrogens with zero attached hydrogens (tertiary/aromatic N) is 4. The number of aliphatic hydroxyl groups excluding tert-OH is 1. The highest BCUT2D eigenvalue weighted by Crippen LogP contribution is 2.33. The van der Waals surface area contributed by atoms with Crippen LogP contribution in [-0.4, -0.2) is 37.6 Å². The van der Waals surface area contributed by atoms with Crippen LogP contribution in [0.3, 0.4) is 0 Å². The normalized spacial score (nSPS) is 12.7. The Labute approximate surface area is 183 Å². The van der Waals surface area contributed by atoms with Gasteiger partial charge in [0.1, 0.15) is 11.4 Å². The zero-order chi connectivity index (χ0) is 21.8. The molecule has 0 aliphatic carbocycles. The van der Waals surface area contributed by atoms with E-state index in [2.05, 4.69) is 55.6 Å². The fourth-order valence-corrected chi connectivity index (χ4v) is 3.55. The Balaban J connectivity index is 2.21. The fourth-order valence-electron chi connectivity index (χ4n) is 3.36. The summed E-state index contributed by atoms with van der Waals surface area (Å²) in [5, 5.41) is 22.9. The smallest absolute Gasteiger partial charge is 0.223 e. The Morgan fingerprint density at radius 2 is 1.90 bits per heavy atom. The lowest BCUT2D eigenvalue weighted by Crippen LogP contribution is -2.33. The van der Waals surface area contributed by atoms with Gasteiger partial charge in [0.25, 0.3) is 0 Å². The van der Waals surface area contributed by atoms with E-state index >= 15 is 0 Å². The molecule has 1 atom stereocenters. The summed E-state index contributed by atoms with van der Waals surface area (Å²) in [7, 11) is 0. The summed E-state index contributed by atoms with van der Waals surface area (Å²) in [5.74, 6) is 1.05. The van der Waals surface area contributed by atoms with E-state index in [9.17, 15) is 5.11 Å². The van der Waals surface area contributed by atoms with Crippen molar-refractivity contribution in [1.29, 1.82) is 0 Å². The van der Waals surface area contributed by atoms with Crippen LogP contribution in [0.25, 0.3) is 11.4 Å². The molecule has 1 aromatic rings. The number of rotatable bonds is 9. The van der Waals surface area contributed by atoms with Crippen LogP contribution in [0.4, 0.5) is 11.6 Å². The molecular weight excluding hydrogens is 400 g/mol. The molecule has 1 unspecified atom stereocenters. The number of hydrogen-bond donors (Lipinski definition) is 3. The minimum Gasteiger partial charge on any atom is -0.394 e. The molecule has 0 amide bonds. The van der Waals surface area contributed by atoms with Crippen LogP contribution in [0.5, 0.6) is 0 Å². The molecule has 2 aliphatic heterocycles. The number of benzene rings is 1. The van der Waals surface area contributed by atoms with Crippen molar-refractivity contribution in [2.75, 3.05) is 17.3 Å². The van der Waals surface area contributed by atoms with Gasteiger partial charge in [0.05, 0.1) is 29.7 Å². The summed E-state index contributed by atoms with van der Waals surface area (Å²) in [6.45, 7) is 10.5. The third-order valence-corrected chi connectivity index (χ3v) is 5.35. The van der Waals surface area contributed by atoms with E-state index in [1.807, 2.05) is 28.9 Å². The molecule has 0 bridgehead atoms. The average molecular weight is 431 g/mol. The van der Waals surface area contributed by atoms with Crippen molar-refractivity contribution in [2.45, 2.75) is 59.4 Å². The lowest BCUT2D eigenvalue weighted by atomic mass is 10.0. The van der Waals surface area contributed by atoms with Crippen molar-refractivity contribution in [1.82, 2.24) is 19.9 Å². The van der Waals surface area contributed by atoms with Gasteiger partial charge in [0, 0.05) is 5.02 Å². The molecule has 0 fully saturated rings. The summed E-state index contributed by atoms with van der Waals surface area (Å²) >= 11 is 6.20. The number of aromatic nitrogens is 4. The molecule has 0 spiro atoms. The van der Waals surface area contributed by atoms with E-state index in [1.165, 1.54) is 0 Å². The molecule has 0 saturated heterocycles. The predicted octanol–water partition coefficient (Wildman–Crippen LogP) is 4.81. The largest absolute Gasteiger partial charge is 0.394 e. The Bertz CT molecular complexity index is 955. The van der Waals surface area contributed by atoms with Crippen LogP contribution in [0, 0.1) is 5.92 Å². The third kappa shape index (κ3) is 4.68. The van der Waals surface area contributed by atoms with Crippen molar-refractivity contribution < 1.29 is 5.11 Å². The molecule has 1 aromatic carbocycles. The standard InChI is InChI=1S/C22H31ClN6O/c1-6-8-18-20-21(19(14(4)5)26-27-20)25-22(24-17(12-30)13(2)3)29(18)28-16-10-7-9-15(23)11-16/h7,9-11,13-14,17,28,30H,6,8,12H2,1-5H3,(H,24,25). The van der Waals surface area contributed by atoms with Crippen molar-refractivity contribution in [3.63, 3.8) is 0 Å². The summed E-state index contributed by atoms with van der Waals surface area (Å²) in [4.78, 5) is 4.91. The third-order valence-electron chi connectivity index (χ3n) is 5.11. The van der Waals surface area contributed by atoms with Gasteiger partial charge in [-0.1, -0.05) is 58.7 Å². The van der Waals surface area contributed by atoms with Gasteiger partial charge in [-0.15, -0.1) is 5.10 Å². The predicted molar refractivity (Wildman–Crippen MR) is 122 cm³/mol. The minimum atomic E-state index is -0.143. The molecular formula is C22H31ClN6O. The first-order valence-electron chi connectivity index (χ1n) is 10.5. The summed E-state index contributed by atoms with van der Waals surface area (Å²) in [5.41, 5.74) is 7.73. The quantitative estimate of drug-likeness (QED) is 0.451. The maximum absolute atomic E-state index is 9.90. The molecule has 162 valence electrons. The van der Waals surface area contributed by atoms with E-state index in [4.69, 9.17) is 16.6 Å². The zero-order valence-electron chi connectivity index (χ0n) is 18.3. The van der Waals surface area contributed by atoms with Gasteiger partial charge in [-0.25, -0.2) is 9.66 Å². The van der Waals surface area contributed by atoms with E-state index in [0.717, 1.165) is 41.3 Å². The van der Waals surface area contributed by atoms with Crippen LogP contribution < -0.4 is 10.7 Å². The van der Waals surface area contributed by atoms with E-state index in [0.29, 0.717) is 11.0 Å². The lowest BCUT2D eigenvalue weighted by molar-refractivity contribution is 0.248. The Morgan fingerprint density at radius 1 is 1.13 bits per heavy atom. The number of nitrogens with one attached hydrogen (secondary N) is 2. The lowest BCUT2D eigenvalue weighted by Gasteiger charge is -2.27. The second kappa shape index (κ2) is 9.62. The van der Waals surface area contributed by atoms with Gasteiger partial charge in [-0.2, -0.15) is 5.10 Å². The highest BCUT2D eigenvalue weighted by Gasteiger charge is 2.27. The summed E-state index contributed by atoms with van der Waals surface area (Å²) < 4.78 is 1.92. The van der Waals surface area contributed by atoms with E-state index < -0.39 is 0 Å². The first-order valence-corrected chi connectivity index (χ1v) is 10.9. The fraction of sp³-hybridized carbons (Fsp3) is 0.500. The number of anilines is 2. The van der Waals surface area contributed by atoms with Gasteiger partial charge >= 0.3 is 0 Å². The van der Waals surface area contributed by atoms with Crippen LogP contribution >= 0.6 is 11.6 Å². The molecule has 2 heterocycles. The van der Waals surface area contributed by atoms with Crippen molar-refractivity contribution in [2.24, 2.45) is 5.92 Å². The highest BCUT2D eigenvalue weighted by atomic mass is 35.5. The maximum atomic E-state index is 9.90. The molecule has 3 N–H and O–H groups in total. The number of halogens is 1. The first kappa shape index (κ1) is 22.3. The Hall–Kier alpha value is -2.38. The highest BCUT2D eigenvalue weighted by molar-refractivity contribution is 6.30. The van der Waals surface area contributed by atoms with Crippen molar-refractivity contribution in [3.05, 3.63) is 40.7 Å². The van der Waals surface area contributed by atoms with Crippen LogP contribution in [-0.2, 0) is 6.42 Å². The topological polar surface area (TPSA) is 87.9 Å². The zero-order valence-corrected chi connectivity index (χ0v) is 19.0. The van der Waals surface area contributed by atoms with E-state index in [-0.39, 0.29) is 24.5 Å². The van der Waals surface area contributed by atoms with Crippen LogP contribution in [0.2, 0.25) is 5.02 Å². The maximum Gasteiger partial charge on any atom is 0.223 e. The molecule has 3 rings (SSSR count). The SMILES string of the molecule is CCCc1c2nnc(C(C)C)c-2nc(NC(CO)C(C)C)n1Nc1cccc(Cl)c1. The second-order valence-corrected chi connectivity index (χ2v) is 8.64. The summed E-state index contributed by atoms with van der Waals surface area (Å²) in [6, 6.07) is 7.40. The Kier molecular flexibility index (Phi) is 7.15. The van der Waals surface area contributed by atoms with Crippen LogP contribution in [0.1, 0.15) is 58.3 Å². The van der Waals surface area contributed by atoms with Gasteiger partial charge in [0.2, 0.25) is 5.95 Å². The minimum absolute atomic E-state index is 0.00616. The number of fused-ring (bicyclic) bond motifs is 1. The van der Waals surface area contributed by atoms with Gasteiger partial charge in [-0.3, -0.25) is 5.43 Å². The molecule has 0 aromatic heterocycles. The molecule has 2 aliphatic rings. The Morgan fingerprint density at radius 3 is 2.50 bits per heavy atom. The van der Waals surface area contributed by atoms with E-state index in [1.54, 1.807) is 0 Å². The average Bonchev–Trinajstić information content (AvgIpc) is 3.12. The molecule has 30 heavy (non-hydrogen) atoms. The molecule has 0 saturated carbocycles. The van der Waals surface area contributed by atoms with Gasteiger partial charge in [0.15, 0.2) is 0 Å².